The van der Waals surface area contributed by atoms with Crippen LogP contribution in [0.1, 0.15) is 15.9 Å². The molecule has 0 fully saturated rings. The van der Waals surface area contributed by atoms with Crippen molar-refractivity contribution in [3.05, 3.63) is 23.0 Å². The molecule has 7 heteroatoms. The van der Waals surface area contributed by atoms with Gasteiger partial charge in [-0.2, -0.15) is 0 Å². The number of carbonyl (C=O) groups is 2. The smallest absolute Gasteiger partial charge is 0.271 e. The quantitative estimate of drug-likeness (QED) is 0.422. The molecule has 1 aromatic rings. The number of methoxy groups -OCH3 is 1. The normalized spacial score (nSPS) is 14.7. The Morgan fingerprint density at radius 1 is 1.00 bits per heavy atom. The van der Waals surface area contributed by atoms with Crippen LogP contribution in [0.2, 0.25) is 0 Å². The topological polar surface area (TPSA) is 124 Å². The molecule has 0 saturated carbocycles. The number of aliphatic hydroxyl groups excluding tert-OH is 1. The number of phenols is 3. The number of aromatic hydroxyl groups is 3. The van der Waals surface area contributed by atoms with Crippen molar-refractivity contribution in [3.8, 4) is 17.2 Å². The maximum absolute atomic E-state index is 11.7. The molecule has 0 saturated heterocycles. The zero-order chi connectivity index (χ0) is 13.6. The Labute approximate surface area is 100 Å². The Hall–Kier alpha value is -2.70. The number of carbonyl (C=O) groups excluding carboxylic acids is 2. The molecule has 1 aliphatic carbocycles. The summed E-state index contributed by atoms with van der Waals surface area (Å²) in [7, 11) is 1.07. The van der Waals surface area contributed by atoms with Gasteiger partial charge < -0.3 is 25.2 Å². The van der Waals surface area contributed by atoms with E-state index in [9.17, 15) is 30.0 Å². The first kappa shape index (κ1) is 11.8. The lowest BCUT2D eigenvalue weighted by Crippen LogP contribution is -2.25. The van der Waals surface area contributed by atoms with E-state index in [2.05, 4.69) is 4.74 Å². The fourth-order valence-electron chi connectivity index (χ4n) is 1.70. The summed E-state index contributed by atoms with van der Waals surface area (Å²) in [6, 6.07) is 0.785. The molecule has 2 rings (SSSR count). The molecule has 94 valence electrons. The number of hydrogen-bond acceptors (Lipinski definition) is 7. The lowest BCUT2D eigenvalue weighted by Gasteiger charge is -2.18. The van der Waals surface area contributed by atoms with E-state index in [1.54, 1.807) is 0 Å². The Morgan fingerprint density at radius 2 is 1.61 bits per heavy atom. The molecule has 0 radical (unpaired) electrons. The van der Waals surface area contributed by atoms with E-state index in [1.807, 2.05) is 0 Å². The van der Waals surface area contributed by atoms with E-state index in [0.717, 1.165) is 13.2 Å². The highest BCUT2D eigenvalue weighted by Crippen LogP contribution is 2.44. The first-order chi connectivity index (χ1) is 8.40. The van der Waals surface area contributed by atoms with E-state index < -0.39 is 51.5 Å². The van der Waals surface area contributed by atoms with Crippen LogP contribution in [-0.4, -0.2) is 39.1 Å². The second-order valence-electron chi connectivity index (χ2n) is 3.56. The lowest BCUT2D eigenvalue weighted by molar-refractivity contribution is -0.114. The molecular formula is C11H8O7. The number of ketones is 2. The number of benzene rings is 1. The second kappa shape index (κ2) is 3.66. The van der Waals surface area contributed by atoms with E-state index in [-0.39, 0.29) is 0 Å². The van der Waals surface area contributed by atoms with Crippen molar-refractivity contribution in [1.29, 1.82) is 0 Å². The van der Waals surface area contributed by atoms with Crippen LogP contribution >= 0.6 is 0 Å². The van der Waals surface area contributed by atoms with Gasteiger partial charge in [0.2, 0.25) is 17.3 Å². The molecule has 1 aromatic carbocycles. The van der Waals surface area contributed by atoms with Gasteiger partial charge in [-0.25, -0.2) is 0 Å². The van der Waals surface area contributed by atoms with Crippen molar-refractivity contribution in [2.24, 2.45) is 0 Å². The Morgan fingerprint density at radius 3 is 2.17 bits per heavy atom. The summed E-state index contributed by atoms with van der Waals surface area (Å²) in [5.74, 6) is -6.16. The van der Waals surface area contributed by atoms with Crippen LogP contribution in [0, 0.1) is 0 Å². The zero-order valence-electron chi connectivity index (χ0n) is 9.09. The number of allylic oxidation sites excluding steroid dienone is 1. The van der Waals surface area contributed by atoms with Crippen LogP contribution in [0.3, 0.4) is 0 Å². The van der Waals surface area contributed by atoms with Crippen LogP contribution < -0.4 is 0 Å². The maximum Gasteiger partial charge on any atom is 0.271 e. The fourth-order valence-corrected chi connectivity index (χ4v) is 1.70. The number of phenolic OH excluding ortho intramolecular Hbond substituents is 3. The van der Waals surface area contributed by atoms with Crippen molar-refractivity contribution < 1.29 is 34.8 Å². The van der Waals surface area contributed by atoms with Gasteiger partial charge in [-0.1, -0.05) is 0 Å². The summed E-state index contributed by atoms with van der Waals surface area (Å²) < 4.78 is 4.57. The van der Waals surface area contributed by atoms with E-state index in [0.29, 0.717) is 0 Å². The summed E-state index contributed by atoms with van der Waals surface area (Å²) in [6.07, 6.45) is 0. The summed E-state index contributed by atoms with van der Waals surface area (Å²) >= 11 is 0. The van der Waals surface area contributed by atoms with Crippen molar-refractivity contribution in [2.45, 2.75) is 0 Å². The molecule has 0 heterocycles. The molecule has 18 heavy (non-hydrogen) atoms. The third-order valence-corrected chi connectivity index (χ3v) is 2.57. The van der Waals surface area contributed by atoms with Gasteiger partial charge in [-0.05, 0) is 6.07 Å². The highest BCUT2D eigenvalue weighted by Gasteiger charge is 2.37. The Balaban J connectivity index is 2.89. The van der Waals surface area contributed by atoms with Gasteiger partial charge >= 0.3 is 0 Å². The Kier molecular flexibility index (Phi) is 2.39. The number of rotatable bonds is 1. The monoisotopic (exact) mass is 252 g/mol. The van der Waals surface area contributed by atoms with E-state index >= 15 is 0 Å². The summed E-state index contributed by atoms with van der Waals surface area (Å²) in [6.45, 7) is 0. The average molecular weight is 252 g/mol. The van der Waals surface area contributed by atoms with E-state index in [1.165, 1.54) is 0 Å². The Bertz CT molecular complexity index is 612. The van der Waals surface area contributed by atoms with Gasteiger partial charge in [0, 0.05) is 5.56 Å². The van der Waals surface area contributed by atoms with Gasteiger partial charge in [0.15, 0.2) is 17.3 Å². The average Bonchev–Trinajstić information content (AvgIpc) is 2.33. The van der Waals surface area contributed by atoms with Crippen molar-refractivity contribution in [2.75, 3.05) is 7.11 Å². The molecule has 0 amide bonds. The molecule has 0 bridgehead atoms. The van der Waals surface area contributed by atoms with Crippen molar-refractivity contribution in [3.63, 3.8) is 0 Å². The van der Waals surface area contributed by atoms with Gasteiger partial charge in [0.1, 0.15) is 0 Å². The molecule has 0 unspecified atom stereocenters. The minimum Gasteiger partial charge on any atom is -0.504 e. The highest BCUT2D eigenvalue weighted by atomic mass is 16.5. The third-order valence-electron chi connectivity index (χ3n) is 2.57. The predicted octanol–water partition coefficient (Wildman–Crippen LogP) is 0.442. The van der Waals surface area contributed by atoms with Gasteiger partial charge in [-0.15, -0.1) is 0 Å². The number of aliphatic hydroxyl groups is 1. The number of fused-ring (bicyclic) bond motifs is 1. The molecule has 1 aliphatic rings. The van der Waals surface area contributed by atoms with Crippen LogP contribution in [-0.2, 0) is 9.53 Å². The largest absolute Gasteiger partial charge is 0.504 e. The molecule has 0 aromatic heterocycles. The zero-order valence-corrected chi connectivity index (χ0v) is 9.09. The first-order valence-corrected chi connectivity index (χ1v) is 4.74. The summed E-state index contributed by atoms with van der Waals surface area (Å²) in [5.41, 5.74) is -0.863. The third kappa shape index (κ3) is 1.30. The minimum absolute atomic E-state index is 0.411. The van der Waals surface area contributed by atoms with Gasteiger partial charge in [-0.3, -0.25) is 9.59 Å². The predicted molar refractivity (Wildman–Crippen MR) is 57.3 cm³/mol. The van der Waals surface area contributed by atoms with Crippen LogP contribution in [0.25, 0.3) is 5.76 Å². The lowest BCUT2D eigenvalue weighted by atomic mass is 9.91. The van der Waals surface area contributed by atoms with Crippen LogP contribution in [0.4, 0.5) is 0 Å². The van der Waals surface area contributed by atoms with Crippen LogP contribution in [0.15, 0.2) is 11.8 Å². The molecular weight excluding hydrogens is 244 g/mol. The van der Waals surface area contributed by atoms with E-state index in [4.69, 9.17) is 0 Å². The number of hydrogen-bond donors (Lipinski definition) is 4. The maximum atomic E-state index is 11.7. The molecule has 7 nitrogen and oxygen atoms in total. The van der Waals surface area contributed by atoms with Crippen molar-refractivity contribution in [1.82, 2.24) is 0 Å². The molecule has 0 aliphatic heterocycles. The number of ether oxygens (including phenoxy) is 1. The SMILES string of the molecule is COC1=C(O)c2c(cc(O)c(O)c2O)C(=O)C1=O. The number of Topliss-reactive ketones (excluding diaryl/α,β-unsaturated/α-hetero) is 2. The summed E-state index contributed by atoms with van der Waals surface area (Å²) in [4.78, 5) is 23.2. The fraction of sp³-hybridized carbons (Fsp3) is 0.0909. The molecule has 0 spiro atoms. The second-order valence-corrected chi connectivity index (χ2v) is 3.56. The highest BCUT2D eigenvalue weighted by molar-refractivity contribution is 6.51. The van der Waals surface area contributed by atoms with Crippen molar-refractivity contribution >= 4 is 17.3 Å². The minimum atomic E-state index is -1.10. The molecule has 0 atom stereocenters. The molecule has 4 N–H and O–H groups in total. The van der Waals surface area contributed by atoms with Gasteiger partial charge in [0.25, 0.3) is 5.78 Å². The standard InChI is InChI=1S/C11H8O7/c1-18-11-9(16)5-3(6(13)10(11)17)2-4(12)7(14)8(5)15/h2,12,14-16H,1H3. The van der Waals surface area contributed by atoms with Crippen LogP contribution in [0.5, 0.6) is 17.2 Å². The summed E-state index contributed by atoms with van der Waals surface area (Å²) in [5, 5.41) is 37.9. The van der Waals surface area contributed by atoms with Gasteiger partial charge in [0.05, 0.1) is 12.7 Å². The first-order valence-electron chi connectivity index (χ1n) is 4.74.